The molecule has 1 unspecified atom stereocenters. The molecule has 2 N–H and O–H groups in total. The Labute approximate surface area is 154 Å². The van der Waals surface area contributed by atoms with Gasteiger partial charge in [0, 0.05) is 0 Å². The minimum atomic E-state index is -4.57. The van der Waals surface area contributed by atoms with E-state index in [1.165, 1.54) is 12.1 Å². The average molecular weight is 399 g/mol. The number of carboxylic acids is 1. The van der Waals surface area contributed by atoms with E-state index in [0.717, 1.165) is 29.8 Å². The van der Waals surface area contributed by atoms with Crippen LogP contribution in [0, 0.1) is 6.92 Å². The molecule has 0 heterocycles. The smallest absolute Gasteiger partial charge is 0.416 e. The number of benzene rings is 2. The number of sulfonamides is 1. The van der Waals surface area contributed by atoms with Crippen molar-refractivity contribution in [2.24, 2.45) is 0 Å². The fourth-order valence-electron chi connectivity index (χ4n) is 2.27. The van der Waals surface area contributed by atoms with Crippen molar-refractivity contribution in [2.45, 2.75) is 24.0 Å². The lowest BCUT2D eigenvalue weighted by molar-refractivity contribution is -0.137. The summed E-state index contributed by atoms with van der Waals surface area (Å²) in [5, 5.41) is 9.19. The zero-order valence-electron chi connectivity index (χ0n) is 14.1. The van der Waals surface area contributed by atoms with Crippen molar-refractivity contribution in [3.63, 3.8) is 0 Å². The number of hydrogen-bond donors (Lipinski definition) is 2. The molecule has 0 aliphatic carbocycles. The summed E-state index contributed by atoms with van der Waals surface area (Å²) < 4.78 is 65.4. The van der Waals surface area contributed by atoms with E-state index in [1.54, 1.807) is 19.1 Å². The van der Waals surface area contributed by atoms with Crippen LogP contribution in [0.1, 0.15) is 22.7 Å². The Morgan fingerprint density at radius 1 is 1.07 bits per heavy atom. The molecule has 0 saturated heterocycles. The molecular formula is C18H16F3NO4S. The van der Waals surface area contributed by atoms with Gasteiger partial charge in [-0.05, 0) is 36.8 Å². The monoisotopic (exact) mass is 399 g/mol. The van der Waals surface area contributed by atoms with Gasteiger partial charge in [-0.15, -0.1) is 0 Å². The number of aryl methyl sites for hydroxylation is 1. The van der Waals surface area contributed by atoms with Crippen molar-refractivity contribution in [1.29, 1.82) is 0 Å². The molecule has 2 rings (SSSR count). The van der Waals surface area contributed by atoms with Crippen molar-refractivity contribution < 1.29 is 31.5 Å². The molecule has 9 heteroatoms. The highest BCUT2D eigenvalue weighted by Crippen LogP contribution is 2.31. The minimum Gasteiger partial charge on any atom is -0.478 e. The summed E-state index contributed by atoms with van der Waals surface area (Å²) in [6.07, 6.45) is -4.57. The predicted molar refractivity (Wildman–Crippen MR) is 92.5 cm³/mol. The van der Waals surface area contributed by atoms with Crippen LogP contribution in [-0.2, 0) is 21.0 Å². The van der Waals surface area contributed by atoms with E-state index in [0.29, 0.717) is 0 Å². The van der Waals surface area contributed by atoms with Crippen LogP contribution >= 0.6 is 0 Å². The molecule has 0 aromatic heterocycles. The standard InChI is InChI=1S/C18H16F3NO4S/c1-11-3-9-15(10-4-11)27(25,26)22-16(12(2)17(23)24)13-5-7-14(8-6-13)18(19,20)21/h3-10,16,22H,2H2,1H3,(H,23,24). The molecule has 2 aromatic carbocycles. The van der Waals surface area contributed by atoms with Gasteiger partial charge in [-0.25, -0.2) is 13.2 Å². The Kier molecular flexibility index (Phi) is 5.76. The summed E-state index contributed by atoms with van der Waals surface area (Å²) in [7, 11) is -4.14. The minimum absolute atomic E-state index is 0.0195. The van der Waals surface area contributed by atoms with E-state index in [-0.39, 0.29) is 10.5 Å². The number of alkyl halides is 3. The number of halogens is 3. The van der Waals surface area contributed by atoms with Gasteiger partial charge in [-0.2, -0.15) is 17.9 Å². The van der Waals surface area contributed by atoms with E-state index in [2.05, 4.69) is 11.3 Å². The van der Waals surface area contributed by atoms with E-state index in [9.17, 15) is 31.5 Å². The third-order valence-electron chi connectivity index (χ3n) is 3.80. The third-order valence-corrected chi connectivity index (χ3v) is 5.24. The average Bonchev–Trinajstić information content (AvgIpc) is 2.59. The summed E-state index contributed by atoms with van der Waals surface area (Å²) in [6.45, 7) is 5.11. The molecule has 27 heavy (non-hydrogen) atoms. The lowest BCUT2D eigenvalue weighted by atomic mass is 9.99. The molecule has 0 radical (unpaired) electrons. The number of rotatable bonds is 6. The number of nitrogens with one attached hydrogen (secondary N) is 1. The highest BCUT2D eigenvalue weighted by atomic mass is 32.2. The molecule has 0 amide bonds. The Balaban J connectivity index is 2.42. The number of carboxylic acid groups (broad SMARTS) is 1. The van der Waals surface area contributed by atoms with E-state index >= 15 is 0 Å². The van der Waals surface area contributed by atoms with Crippen molar-refractivity contribution >= 4 is 16.0 Å². The molecule has 1 atom stereocenters. The number of hydrogen-bond acceptors (Lipinski definition) is 3. The van der Waals surface area contributed by atoms with Crippen LogP contribution in [0.3, 0.4) is 0 Å². The van der Waals surface area contributed by atoms with E-state index in [1.807, 2.05) is 0 Å². The van der Waals surface area contributed by atoms with Crippen LogP contribution in [0.5, 0.6) is 0 Å². The summed E-state index contributed by atoms with van der Waals surface area (Å²) in [6, 6.07) is 7.89. The summed E-state index contributed by atoms with van der Waals surface area (Å²) in [4.78, 5) is 11.2. The fraction of sp³-hybridized carbons (Fsp3) is 0.167. The van der Waals surface area contributed by atoms with Crippen molar-refractivity contribution in [1.82, 2.24) is 4.72 Å². The van der Waals surface area contributed by atoms with Crippen molar-refractivity contribution in [3.8, 4) is 0 Å². The summed E-state index contributed by atoms with van der Waals surface area (Å²) >= 11 is 0. The Bertz CT molecular complexity index is 950. The molecule has 0 spiro atoms. The van der Waals surface area contributed by atoms with Crippen molar-refractivity contribution in [3.05, 3.63) is 77.4 Å². The van der Waals surface area contributed by atoms with Crippen LogP contribution in [0.4, 0.5) is 13.2 Å². The van der Waals surface area contributed by atoms with Gasteiger partial charge in [0.2, 0.25) is 10.0 Å². The second kappa shape index (κ2) is 7.53. The SMILES string of the molecule is C=C(C(=O)O)C(NS(=O)(=O)c1ccc(C)cc1)c1ccc(C(F)(F)F)cc1. The highest BCUT2D eigenvalue weighted by molar-refractivity contribution is 7.89. The van der Waals surface area contributed by atoms with Gasteiger partial charge in [0.1, 0.15) is 0 Å². The second-order valence-corrected chi connectivity index (χ2v) is 7.53. The first-order chi connectivity index (χ1) is 12.4. The van der Waals surface area contributed by atoms with E-state index in [4.69, 9.17) is 0 Å². The van der Waals surface area contributed by atoms with Gasteiger partial charge >= 0.3 is 12.1 Å². The Morgan fingerprint density at radius 2 is 1.59 bits per heavy atom. The molecule has 5 nitrogen and oxygen atoms in total. The molecule has 144 valence electrons. The first-order valence-corrected chi connectivity index (χ1v) is 9.08. The summed E-state index contributed by atoms with van der Waals surface area (Å²) in [5.41, 5.74) is -0.618. The molecule has 0 aliphatic rings. The first kappa shape index (κ1) is 20.7. The topological polar surface area (TPSA) is 83.5 Å². The molecule has 2 aromatic rings. The lowest BCUT2D eigenvalue weighted by Gasteiger charge is -2.20. The van der Waals surface area contributed by atoms with Crippen LogP contribution in [0.25, 0.3) is 0 Å². The Morgan fingerprint density at radius 3 is 2.04 bits per heavy atom. The molecule has 0 saturated carbocycles. The van der Waals surface area contributed by atoms with Gasteiger partial charge in [0.05, 0.1) is 22.1 Å². The number of carbonyl (C=O) groups is 1. The molecular weight excluding hydrogens is 383 g/mol. The maximum absolute atomic E-state index is 12.7. The maximum atomic E-state index is 12.7. The first-order valence-electron chi connectivity index (χ1n) is 7.60. The summed E-state index contributed by atoms with van der Waals surface area (Å²) in [5.74, 6) is -1.48. The third kappa shape index (κ3) is 4.95. The van der Waals surface area contributed by atoms with Gasteiger partial charge in [-0.1, -0.05) is 36.4 Å². The molecule has 0 fully saturated rings. The zero-order valence-corrected chi connectivity index (χ0v) is 14.9. The second-order valence-electron chi connectivity index (χ2n) is 5.82. The Hall–Kier alpha value is -2.65. The quantitative estimate of drug-likeness (QED) is 0.726. The lowest BCUT2D eigenvalue weighted by Crippen LogP contribution is -2.31. The predicted octanol–water partition coefficient (Wildman–Crippen LogP) is 3.67. The van der Waals surface area contributed by atoms with Crippen LogP contribution in [0.2, 0.25) is 0 Å². The van der Waals surface area contributed by atoms with Gasteiger partial charge in [-0.3, -0.25) is 0 Å². The van der Waals surface area contributed by atoms with Gasteiger partial charge in [0.25, 0.3) is 0 Å². The normalized spacial score (nSPS) is 13.2. The van der Waals surface area contributed by atoms with E-state index < -0.39 is 39.3 Å². The zero-order chi connectivity index (χ0) is 20.4. The largest absolute Gasteiger partial charge is 0.478 e. The van der Waals surface area contributed by atoms with Gasteiger partial charge < -0.3 is 5.11 Å². The molecule has 0 bridgehead atoms. The maximum Gasteiger partial charge on any atom is 0.416 e. The van der Waals surface area contributed by atoms with Crippen LogP contribution < -0.4 is 4.72 Å². The number of aliphatic carboxylic acids is 1. The van der Waals surface area contributed by atoms with Gasteiger partial charge in [0.15, 0.2) is 0 Å². The van der Waals surface area contributed by atoms with Crippen LogP contribution in [-0.4, -0.2) is 19.5 Å². The van der Waals surface area contributed by atoms with Crippen molar-refractivity contribution in [2.75, 3.05) is 0 Å². The van der Waals surface area contributed by atoms with Crippen LogP contribution in [0.15, 0.2) is 65.6 Å². The fourth-order valence-corrected chi connectivity index (χ4v) is 3.49. The molecule has 0 aliphatic heterocycles. The highest BCUT2D eigenvalue weighted by Gasteiger charge is 2.31.